The average Bonchev–Trinajstić information content (AvgIpc) is 3.06. The van der Waals surface area contributed by atoms with E-state index in [1.807, 2.05) is 0 Å². The summed E-state index contributed by atoms with van der Waals surface area (Å²) in [6, 6.07) is -7.71. The Bertz CT molecular complexity index is 1190. The number of carbonyl (C=O) groups is 8. The Labute approximate surface area is 298 Å². The Morgan fingerprint density at radius 3 is 1.47 bits per heavy atom. The van der Waals surface area contributed by atoms with Gasteiger partial charge in [-0.2, -0.15) is 0 Å². The molecule has 292 valence electrons. The third-order valence-corrected chi connectivity index (χ3v) is 8.27. The number of amides is 6. The number of nitrogens with one attached hydrogen (secondary N) is 5. The quantitative estimate of drug-likeness (QED) is 0.0391. The molecule has 6 amide bonds. The van der Waals surface area contributed by atoms with Crippen LogP contribution in [0.3, 0.4) is 0 Å². The third-order valence-electron chi connectivity index (χ3n) is 8.27. The van der Waals surface area contributed by atoms with E-state index < -0.39 is 102 Å². The first-order chi connectivity index (χ1) is 23.9. The van der Waals surface area contributed by atoms with E-state index in [4.69, 9.17) is 28.0 Å². The maximum absolute atomic E-state index is 13.7. The van der Waals surface area contributed by atoms with Crippen LogP contribution in [0.25, 0.3) is 0 Å². The zero-order valence-corrected chi connectivity index (χ0v) is 30.1. The summed E-state index contributed by atoms with van der Waals surface area (Å²) in [6.07, 6.45) is 0.792. The van der Waals surface area contributed by atoms with Gasteiger partial charge in [-0.3, -0.25) is 33.6 Å². The van der Waals surface area contributed by atoms with Gasteiger partial charge in [-0.25, -0.2) is 4.79 Å². The second-order valence-electron chi connectivity index (χ2n) is 12.9. The minimum Gasteiger partial charge on any atom is -0.481 e. The fraction of sp³-hybridized carbons (Fsp3) is 0.750. The molecule has 15 N–H and O–H groups in total. The van der Waals surface area contributed by atoms with E-state index in [-0.39, 0.29) is 38.3 Å². The molecule has 0 unspecified atom stereocenters. The summed E-state index contributed by atoms with van der Waals surface area (Å²) in [6.45, 7) is 7.36. The molecule has 0 rings (SSSR count). The second-order valence-corrected chi connectivity index (χ2v) is 12.9. The van der Waals surface area contributed by atoms with Crippen LogP contribution in [-0.4, -0.2) is 107 Å². The Kier molecular flexibility index (Phi) is 22.6. The molecule has 0 aromatic heterocycles. The van der Waals surface area contributed by atoms with Crippen molar-refractivity contribution in [1.82, 2.24) is 26.6 Å². The molecule has 0 aliphatic rings. The Morgan fingerprint density at radius 1 is 0.608 bits per heavy atom. The number of aliphatic carboxylic acids is 2. The van der Waals surface area contributed by atoms with Crippen molar-refractivity contribution in [1.29, 1.82) is 0 Å². The van der Waals surface area contributed by atoms with Crippen molar-refractivity contribution in [2.24, 2.45) is 34.8 Å². The number of unbranched alkanes of at least 4 members (excludes halogenated alkanes) is 2. The van der Waals surface area contributed by atoms with Crippen molar-refractivity contribution in [2.45, 2.75) is 128 Å². The van der Waals surface area contributed by atoms with Gasteiger partial charge in [0, 0.05) is 6.42 Å². The molecule has 0 aliphatic carbocycles. The number of rotatable bonds is 27. The molecule has 19 nitrogen and oxygen atoms in total. The van der Waals surface area contributed by atoms with E-state index >= 15 is 0 Å². The highest BCUT2D eigenvalue weighted by Gasteiger charge is 2.34. The molecule has 7 atom stereocenters. The molecule has 51 heavy (non-hydrogen) atoms. The highest BCUT2D eigenvalue weighted by molar-refractivity contribution is 5.97. The molecule has 19 heteroatoms. The Balaban J connectivity index is 6.27. The standard InChI is InChI=1S/C32H59N9O10/c1-5-18(4)26(31(49)39-21(32(50)51)12-13-24(43)44)41-28(46)20(11-7-9-15-34)37-27(45)19(10-6-8-14-33)38-29(47)22(16-23(35)42)40-30(48)25(36)17(2)3/h17-22,25-26H,5-16,33-34,36H2,1-4H3,(H2,35,42)(H,37,45)(H,38,47)(H,39,49)(H,40,48)(H,41,46)(H,43,44)(H,50,51)/t18-,19-,20-,21-,22-,25-,26-/m0/s1. The van der Waals surface area contributed by atoms with E-state index in [0.29, 0.717) is 32.1 Å². The van der Waals surface area contributed by atoms with Gasteiger partial charge in [-0.1, -0.05) is 34.1 Å². The zero-order valence-electron chi connectivity index (χ0n) is 30.1. The van der Waals surface area contributed by atoms with Gasteiger partial charge >= 0.3 is 11.9 Å². The summed E-state index contributed by atoms with van der Waals surface area (Å²) in [5.74, 6) is -8.39. The van der Waals surface area contributed by atoms with Crippen LogP contribution in [-0.2, 0) is 38.4 Å². The van der Waals surface area contributed by atoms with Crippen molar-refractivity contribution in [3.8, 4) is 0 Å². The molecule has 0 fully saturated rings. The smallest absolute Gasteiger partial charge is 0.326 e. The van der Waals surface area contributed by atoms with Gasteiger partial charge in [0.2, 0.25) is 35.4 Å². The highest BCUT2D eigenvalue weighted by Crippen LogP contribution is 2.12. The van der Waals surface area contributed by atoms with Crippen LogP contribution in [0.15, 0.2) is 0 Å². The Hall–Kier alpha value is -4.36. The van der Waals surface area contributed by atoms with Gasteiger partial charge in [-0.15, -0.1) is 0 Å². The van der Waals surface area contributed by atoms with Crippen molar-refractivity contribution in [3.05, 3.63) is 0 Å². The number of carboxylic acids is 2. The van der Waals surface area contributed by atoms with Crippen LogP contribution in [0.2, 0.25) is 0 Å². The largest absolute Gasteiger partial charge is 0.481 e. The van der Waals surface area contributed by atoms with Crippen molar-refractivity contribution >= 4 is 47.4 Å². The van der Waals surface area contributed by atoms with E-state index in [1.165, 1.54) is 0 Å². The van der Waals surface area contributed by atoms with Gasteiger partial charge < -0.3 is 59.7 Å². The fourth-order valence-electron chi connectivity index (χ4n) is 4.79. The van der Waals surface area contributed by atoms with Crippen LogP contribution >= 0.6 is 0 Å². The van der Waals surface area contributed by atoms with Crippen molar-refractivity contribution < 1.29 is 48.6 Å². The zero-order chi connectivity index (χ0) is 39.3. The number of hydrogen-bond donors (Lipinski definition) is 11. The number of hydrogen-bond acceptors (Lipinski definition) is 11. The molecule has 0 bridgehead atoms. The lowest BCUT2D eigenvalue weighted by Gasteiger charge is -2.29. The predicted octanol–water partition coefficient (Wildman–Crippen LogP) is -2.48. The summed E-state index contributed by atoms with van der Waals surface area (Å²) in [5.41, 5.74) is 22.5. The highest BCUT2D eigenvalue weighted by atomic mass is 16.4. The molecular formula is C32H59N9O10. The van der Waals surface area contributed by atoms with Crippen LogP contribution in [0.4, 0.5) is 0 Å². The van der Waals surface area contributed by atoms with Crippen molar-refractivity contribution in [2.75, 3.05) is 13.1 Å². The monoisotopic (exact) mass is 729 g/mol. The van der Waals surface area contributed by atoms with Gasteiger partial charge in [0.1, 0.15) is 30.2 Å². The molecule has 0 saturated heterocycles. The van der Waals surface area contributed by atoms with Crippen LogP contribution in [0.5, 0.6) is 0 Å². The third kappa shape index (κ3) is 18.4. The first-order valence-electron chi connectivity index (χ1n) is 17.3. The average molecular weight is 730 g/mol. The maximum Gasteiger partial charge on any atom is 0.326 e. The van der Waals surface area contributed by atoms with E-state index in [1.54, 1.807) is 27.7 Å². The molecule has 0 aliphatic heterocycles. The van der Waals surface area contributed by atoms with E-state index in [2.05, 4.69) is 26.6 Å². The minimum absolute atomic E-state index is 0.0689. The fourth-order valence-corrected chi connectivity index (χ4v) is 4.79. The molecule has 0 saturated carbocycles. The number of carboxylic acid groups (broad SMARTS) is 2. The van der Waals surface area contributed by atoms with E-state index in [0.717, 1.165) is 0 Å². The summed E-state index contributed by atoms with van der Waals surface area (Å²) in [7, 11) is 0. The van der Waals surface area contributed by atoms with Gasteiger partial charge in [-0.05, 0) is 69.9 Å². The lowest BCUT2D eigenvalue weighted by molar-refractivity contribution is -0.144. The SMILES string of the molecule is CC[C@H](C)[C@H](NC(=O)[C@H](CCCCN)NC(=O)[C@H](CCCCN)NC(=O)[C@H](CC(N)=O)NC(=O)[C@@H](N)C(C)C)C(=O)N[C@@H](CCC(=O)O)C(=O)O. The van der Waals surface area contributed by atoms with Gasteiger partial charge in [0.25, 0.3) is 0 Å². The summed E-state index contributed by atoms with van der Waals surface area (Å²) < 4.78 is 0. The first-order valence-corrected chi connectivity index (χ1v) is 17.3. The molecule has 0 aromatic carbocycles. The van der Waals surface area contributed by atoms with E-state index in [9.17, 15) is 43.5 Å². The minimum atomic E-state index is -1.53. The van der Waals surface area contributed by atoms with Gasteiger partial charge in [0.15, 0.2) is 0 Å². The predicted molar refractivity (Wildman–Crippen MR) is 186 cm³/mol. The van der Waals surface area contributed by atoms with Crippen LogP contribution in [0, 0.1) is 11.8 Å². The first kappa shape index (κ1) is 46.6. The summed E-state index contributed by atoms with van der Waals surface area (Å²) in [5, 5.41) is 31.0. The topological polar surface area (TPSA) is 341 Å². The maximum atomic E-state index is 13.7. The number of carbonyl (C=O) groups excluding carboxylic acids is 6. The van der Waals surface area contributed by atoms with Crippen LogP contribution in [0.1, 0.15) is 91.9 Å². The second kappa shape index (κ2) is 24.7. The molecule has 0 spiro atoms. The normalized spacial score (nSPS) is 15.2. The summed E-state index contributed by atoms with van der Waals surface area (Å²) in [4.78, 5) is 101. The van der Waals surface area contributed by atoms with Crippen molar-refractivity contribution in [3.63, 3.8) is 0 Å². The number of nitrogens with two attached hydrogens (primary N) is 4. The Morgan fingerprint density at radius 2 is 1.06 bits per heavy atom. The lowest BCUT2D eigenvalue weighted by Crippen LogP contribution is -2.60. The van der Waals surface area contributed by atoms with Crippen LogP contribution < -0.4 is 49.5 Å². The lowest BCUT2D eigenvalue weighted by atomic mass is 9.96. The number of primary amides is 1. The molecule has 0 heterocycles. The molecular weight excluding hydrogens is 670 g/mol. The summed E-state index contributed by atoms with van der Waals surface area (Å²) >= 11 is 0. The van der Waals surface area contributed by atoms with Gasteiger partial charge in [0.05, 0.1) is 12.5 Å². The molecule has 0 radical (unpaired) electrons. The molecule has 0 aromatic rings.